The summed E-state index contributed by atoms with van der Waals surface area (Å²) in [6, 6.07) is 0. The van der Waals surface area contributed by atoms with E-state index in [1.165, 1.54) is 24.8 Å². The van der Waals surface area contributed by atoms with Gasteiger partial charge in [0.05, 0.1) is 12.7 Å². The van der Waals surface area contributed by atoms with Crippen LogP contribution in [0.5, 0.6) is 0 Å². The van der Waals surface area contributed by atoms with Gasteiger partial charge in [-0.3, -0.25) is 0 Å². The first kappa shape index (κ1) is 8.93. The zero-order chi connectivity index (χ0) is 9.60. The number of aliphatic hydroxyl groups is 1. The Bertz CT molecular complexity index is 263. The van der Waals surface area contributed by atoms with Crippen molar-refractivity contribution in [3.8, 4) is 0 Å². The average molecular weight is 194 g/mol. The van der Waals surface area contributed by atoms with Crippen LogP contribution in [0.1, 0.15) is 32.1 Å². The Labute approximate surface area is 85.0 Å². The van der Waals surface area contributed by atoms with E-state index in [1.807, 2.05) is 0 Å². The minimum Gasteiger partial charge on any atom is -0.392 e. The summed E-state index contributed by atoms with van der Waals surface area (Å²) >= 11 is 0. The number of fused-ring (bicyclic) bond motifs is 1. The quantitative estimate of drug-likeness (QED) is 0.597. The standard InChI is InChI=1S/C12H18O2/c13-11-10-4-2-1-3-9(10)7-12(11)5-6-14-8-12/h3,10-11,13H,1-2,4-8H2. The van der Waals surface area contributed by atoms with Crippen molar-refractivity contribution in [2.24, 2.45) is 11.3 Å². The zero-order valence-corrected chi connectivity index (χ0v) is 8.54. The number of hydrogen-bond donors (Lipinski definition) is 1. The molecule has 1 N–H and O–H groups in total. The molecule has 0 amide bonds. The second kappa shape index (κ2) is 3.07. The molecule has 1 spiro atoms. The molecule has 1 heterocycles. The highest BCUT2D eigenvalue weighted by Gasteiger charge is 2.52. The average Bonchev–Trinajstić information content (AvgIpc) is 2.77. The van der Waals surface area contributed by atoms with Crippen LogP contribution < -0.4 is 0 Å². The summed E-state index contributed by atoms with van der Waals surface area (Å²) in [6.07, 6.45) is 8.05. The monoisotopic (exact) mass is 194 g/mol. The van der Waals surface area contributed by atoms with Gasteiger partial charge in [-0.15, -0.1) is 0 Å². The Hall–Kier alpha value is -0.340. The van der Waals surface area contributed by atoms with E-state index < -0.39 is 0 Å². The number of hydrogen-bond acceptors (Lipinski definition) is 2. The predicted octanol–water partition coefficient (Wildman–Crippen LogP) is 1.88. The summed E-state index contributed by atoms with van der Waals surface area (Å²) in [6.45, 7) is 1.62. The van der Waals surface area contributed by atoms with Crippen molar-refractivity contribution in [2.75, 3.05) is 13.2 Å². The van der Waals surface area contributed by atoms with Gasteiger partial charge in [-0.25, -0.2) is 0 Å². The molecule has 1 saturated carbocycles. The van der Waals surface area contributed by atoms with Crippen molar-refractivity contribution >= 4 is 0 Å². The van der Waals surface area contributed by atoms with Gasteiger partial charge in [-0.2, -0.15) is 0 Å². The summed E-state index contributed by atoms with van der Waals surface area (Å²) in [5, 5.41) is 10.4. The molecule has 1 aliphatic heterocycles. The molecule has 3 rings (SSSR count). The largest absolute Gasteiger partial charge is 0.392 e. The van der Waals surface area contributed by atoms with Gasteiger partial charge in [0.2, 0.25) is 0 Å². The van der Waals surface area contributed by atoms with Crippen LogP contribution >= 0.6 is 0 Å². The molecule has 1 saturated heterocycles. The SMILES string of the molecule is OC1C2CCCC=C2CC12CCOC2. The van der Waals surface area contributed by atoms with Gasteiger partial charge in [0.1, 0.15) is 0 Å². The predicted molar refractivity (Wildman–Crippen MR) is 53.9 cm³/mol. The van der Waals surface area contributed by atoms with E-state index >= 15 is 0 Å². The van der Waals surface area contributed by atoms with Gasteiger partial charge in [-0.1, -0.05) is 11.6 Å². The lowest BCUT2D eigenvalue weighted by atomic mass is 9.81. The van der Waals surface area contributed by atoms with Gasteiger partial charge >= 0.3 is 0 Å². The number of rotatable bonds is 0. The van der Waals surface area contributed by atoms with E-state index in [2.05, 4.69) is 6.08 Å². The van der Waals surface area contributed by atoms with Gasteiger partial charge < -0.3 is 9.84 Å². The lowest BCUT2D eigenvalue weighted by molar-refractivity contribution is 0.0141. The lowest BCUT2D eigenvalue weighted by Crippen LogP contribution is -2.34. The fourth-order valence-electron chi connectivity index (χ4n) is 3.46. The Kier molecular flexibility index (Phi) is 1.96. The molecule has 78 valence electrons. The molecular formula is C12H18O2. The first-order valence-corrected chi connectivity index (χ1v) is 5.77. The molecule has 0 radical (unpaired) electrons. The Balaban J connectivity index is 1.91. The summed E-state index contributed by atoms with van der Waals surface area (Å²) in [7, 11) is 0. The van der Waals surface area contributed by atoms with Crippen LogP contribution in [0.15, 0.2) is 11.6 Å². The molecule has 0 aromatic carbocycles. The van der Waals surface area contributed by atoms with Crippen molar-refractivity contribution in [1.82, 2.24) is 0 Å². The first-order chi connectivity index (χ1) is 6.82. The molecule has 3 atom stereocenters. The molecule has 2 heteroatoms. The summed E-state index contributed by atoms with van der Waals surface area (Å²) in [5.41, 5.74) is 1.62. The van der Waals surface area contributed by atoms with E-state index in [-0.39, 0.29) is 11.5 Å². The minimum atomic E-state index is -0.128. The van der Waals surface area contributed by atoms with Crippen LogP contribution in [0.3, 0.4) is 0 Å². The lowest BCUT2D eigenvalue weighted by Gasteiger charge is -2.27. The third-order valence-corrected chi connectivity index (χ3v) is 4.30. The van der Waals surface area contributed by atoms with Crippen LogP contribution in [0.4, 0.5) is 0 Å². The first-order valence-electron chi connectivity index (χ1n) is 5.77. The fraction of sp³-hybridized carbons (Fsp3) is 0.833. The Morgan fingerprint density at radius 2 is 2.43 bits per heavy atom. The van der Waals surface area contributed by atoms with Gasteiger partial charge in [0, 0.05) is 17.9 Å². The van der Waals surface area contributed by atoms with Crippen LogP contribution in [0.25, 0.3) is 0 Å². The molecule has 3 unspecified atom stereocenters. The van der Waals surface area contributed by atoms with Crippen LogP contribution in [-0.4, -0.2) is 24.4 Å². The molecule has 2 aliphatic carbocycles. The van der Waals surface area contributed by atoms with Crippen molar-refractivity contribution < 1.29 is 9.84 Å². The second-order valence-electron chi connectivity index (χ2n) is 5.10. The normalized spacial score (nSPS) is 46.8. The van der Waals surface area contributed by atoms with Crippen LogP contribution in [0.2, 0.25) is 0 Å². The van der Waals surface area contributed by atoms with Crippen molar-refractivity contribution in [1.29, 1.82) is 0 Å². The molecule has 0 aromatic heterocycles. The highest BCUT2D eigenvalue weighted by molar-refractivity contribution is 5.23. The maximum atomic E-state index is 10.4. The number of allylic oxidation sites excluding steroid dienone is 1. The maximum absolute atomic E-state index is 10.4. The minimum absolute atomic E-state index is 0.0981. The van der Waals surface area contributed by atoms with E-state index in [9.17, 15) is 5.11 Å². The van der Waals surface area contributed by atoms with E-state index in [0.717, 1.165) is 26.1 Å². The summed E-state index contributed by atoms with van der Waals surface area (Å²) in [5.74, 6) is 0.463. The third kappa shape index (κ3) is 1.10. The topological polar surface area (TPSA) is 29.5 Å². The highest BCUT2D eigenvalue weighted by atomic mass is 16.5. The van der Waals surface area contributed by atoms with E-state index in [0.29, 0.717) is 5.92 Å². The smallest absolute Gasteiger partial charge is 0.0687 e. The van der Waals surface area contributed by atoms with E-state index in [4.69, 9.17) is 4.74 Å². The van der Waals surface area contributed by atoms with Gasteiger partial charge in [0.25, 0.3) is 0 Å². The maximum Gasteiger partial charge on any atom is 0.0687 e. The van der Waals surface area contributed by atoms with Crippen LogP contribution in [0, 0.1) is 11.3 Å². The third-order valence-electron chi connectivity index (χ3n) is 4.30. The summed E-state index contributed by atoms with van der Waals surface area (Å²) < 4.78 is 5.47. The van der Waals surface area contributed by atoms with Gasteiger partial charge in [0.15, 0.2) is 0 Å². The van der Waals surface area contributed by atoms with E-state index in [1.54, 1.807) is 0 Å². The molecule has 0 aromatic rings. The van der Waals surface area contributed by atoms with Crippen molar-refractivity contribution in [2.45, 2.75) is 38.2 Å². The van der Waals surface area contributed by atoms with Crippen molar-refractivity contribution in [3.05, 3.63) is 11.6 Å². The van der Waals surface area contributed by atoms with Gasteiger partial charge in [-0.05, 0) is 32.1 Å². The Morgan fingerprint density at radius 3 is 3.14 bits per heavy atom. The molecule has 2 fully saturated rings. The number of aliphatic hydroxyl groups excluding tert-OH is 1. The molecule has 0 bridgehead atoms. The fourth-order valence-corrected chi connectivity index (χ4v) is 3.46. The zero-order valence-electron chi connectivity index (χ0n) is 8.54. The number of ether oxygens (including phenoxy) is 1. The Morgan fingerprint density at radius 1 is 1.50 bits per heavy atom. The van der Waals surface area contributed by atoms with Crippen LogP contribution in [-0.2, 0) is 4.74 Å². The summed E-state index contributed by atoms with van der Waals surface area (Å²) in [4.78, 5) is 0. The molecule has 3 aliphatic rings. The highest BCUT2D eigenvalue weighted by Crippen LogP contribution is 2.52. The molecular weight excluding hydrogens is 176 g/mol. The molecule has 2 nitrogen and oxygen atoms in total. The second-order valence-corrected chi connectivity index (χ2v) is 5.10. The van der Waals surface area contributed by atoms with Crippen molar-refractivity contribution in [3.63, 3.8) is 0 Å². The molecule has 14 heavy (non-hydrogen) atoms.